The molecule has 0 spiro atoms. The molecule has 1 heterocycles. The second-order valence-corrected chi connectivity index (χ2v) is 4.97. The Morgan fingerprint density at radius 3 is 2.33 bits per heavy atom. The zero-order valence-corrected chi connectivity index (χ0v) is 12.0. The molecule has 2 rings (SSSR count). The number of nitriles is 1. The molecule has 0 unspecified atom stereocenters. The number of carbonyl (C=O) groups excluding carboxylic acids is 2. The Balaban J connectivity index is 1.93. The Bertz CT molecular complexity index is 562. The van der Waals surface area contributed by atoms with Crippen LogP contribution in [0.3, 0.4) is 0 Å². The predicted octanol–water partition coefficient (Wildman–Crippen LogP) is 1.64. The SMILES string of the molecule is CC(=O)N1CCCN(C(=O)Nc2ccc(C#N)cc2)CC1. The maximum absolute atomic E-state index is 12.2. The number of amides is 3. The van der Waals surface area contributed by atoms with Crippen LogP contribution in [0.2, 0.25) is 0 Å². The van der Waals surface area contributed by atoms with Gasteiger partial charge in [-0.25, -0.2) is 4.79 Å². The van der Waals surface area contributed by atoms with Crippen molar-refractivity contribution in [2.75, 3.05) is 31.5 Å². The normalized spacial score (nSPS) is 15.0. The van der Waals surface area contributed by atoms with Gasteiger partial charge in [-0.2, -0.15) is 5.26 Å². The van der Waals surface area contributed by atoms with Gasteiger partial charge in [-0.15, -0.1) is 0 Å². The molecule has 21 heavy (non-hydrogen) atoms. The molecule has 1 N–H and O–H groups in total. The molecule has 1 aliphatic heterocycles. The fourth-order valence-electron chi connectivity index (χ4n) is 2.27. The first-order valence-corrected chi connectivity index (χ1v) is 6.92. The Labute approximate surface area is 123 Å². The molecule has 1 fully saturated rings. The van der Waals surface area contributed by atoms with Gasteiger partial charge in [0, 0.05) is 38.8 Å². The van der Waals surface area contributed by atoms with E-state index in [1.807, 2.05) is 6.07 Å². The van der Waals surface area contributed by atoms with Gasteiger partial charge in [0.2, 0.25) is 5.91 Å². The molecule has 0 saturated carbocycles. The fourth-order valence-corrected chi connectivity index (χ4v) is 2.27. The van der Waals surface area contributed by atoms with Crippen molar-refractivity contribution >= 4 is 17.6 Å². The average molecular weight is 286 g/mol. The Kier molecular flexibility index (Phi) is 4.77. The summed E-state index contributed by atoms with van der Waals surface area (Å²) in [6, 6.07) is 8.59. The minimum atomic E-state index is -0.176. The minimum Gasteiger partial charge on any atom is -0.341 e. The summed E-state index contributed by atoms with van der Waals surface area (Å²) in [5.74, 6) is 0.0457. The lowest BCUT2D eigenvalue weighted by Gasteiger charge is -2.21. The van der Waals surface area contributed by atoms with E-state index in [4.69, 9.17) is 5.26 Å². The first-order valence-electron chi connectivity index (χ1n) is 6.92. The van der Waals surface area contributed by atoms with E-state index in [9.17, 15) is 9.59 Å². The van der Waals surface area contributed by atoms with Crippen LogP contribution >= 0.6 is 0 Å². The molecule has 0 radical (unpaired) electrons. The molecule has 0 aromatic heterocycles. The summed E-state index contributed by atoms with van der Waals surface area (Å²) in [5, 5.41) is 11.5. The number of anilines is 1. The number of benzene rings is 1. The van der Waals surface area contributed by atoms with Gasteiger partial charge in [-0.1, -0.05) is 0 Å². The number of hydrogen-bond acceptors (Lipinski definition) is 3. The average Bonchev–Trinajstić information content (AvgIpc) is 2.74. The molecule has 1 aromatic carbocycles. The fraction of sp³-hybridized carbons (Fsp3) is 0.400. The van der Waals surface area contributed by atoms with Crippen LogP contribution < -0.4 is 5.32 Å². The van der Waals surface area contributed by atoms with Crippen molar-refractivity contribution in [2.24, 2.45) is 0 Å². The first-order chi connectivity index (χ1) is 10.1. The summed E-state index contributed by atoms with van der Waals surface area (Å²) in [6.07, 6.45) is 0.778. The van der Waals surface area contributed by atoms with Crippen LogP contribution in [0, 0.1) is 11.3 Å². The van der Waals surface area contributed by atoms with Crippen molar-refractivity contribution in [2.45, 2.75) is 13.3 Å². The maximum Gasteiger partial charge on any atom is 0.321 e. The van der Waals surface area contributed by atoms with Gasteiger partial charge in [0.1, 0.15) is 0 Å². The van der Waals surface area contributed by atoms with Crippen molar-refractivity contribution in [3.05, 3.63) is 29.8 Å². The predicted molar refractivity (Wildman–Crippen MR) is 78.6 cm³/mol. The standard InChI is InChI=1S/C15H18N4O2/c1-12(20)18-7-2-8-19(10-9-18)15(21)17-14-5-3-13(11-16)4-6-14/h3-6H,2,7-10H2,1H3,(H,17,21). The topological polar surface area (TPSA) is 76.4 Å². The number of urea groups is 1. The monoisotopic (exact) mass is 286 g/mol. The zero-order valence-electron chi connectivity index (χ0n) is 12.0. The number of carbonyl (C=O) groups is 2. The third-order valence-electron chi connectivity index (χ3n) is 3.49. The molecule has 6 nitrogen and oxygen atoms in total. The molecule has 3 amide bonds. The summed E-state index contributed by atoms with van der Waals surface area (Å²) < 4.78 is 0. The van der Waals surface area contributed by atoms with Gasteiger partial charge in [0.05, 0.1) is 11.6 Å². The van der Waals surface area contributed by atoms with E-state index in [2.05, 4.69) is 5.32 Å². The largest absolute Gasteiger partial charge is 0.341 e. The lowest BCUT2D eigenvalue weighted by Crippen LogP contribution is -2.38. The smallest absolute Gasteiger partial charge is 0.321 e. The van der Waals surface area contributed by atoms with Gasteiger partial charge < -0.3 is 15.1 Å². The number of rotatable bonds is 1. The zero-order chi connectivity index (χ0) is 15.2. The van der Waals surface area contributed by atoms with Crippen LogP contribution in [0.1, 0.15) is 18.9 Å². The number of nitrogens with zero attached hydrogens (tertiary/aromatic N) is 3. The molecule has 0 bridgehead atoms. The molecular formula is C15H18N4O2. The van der Waals surface area contributed by atoms with Gasteiger partial charge in [0.25, 0.3) is 0 Å². The highest BCUT2D eigenvalue weighted by Crippen LogP contribution is 2.11. The van der Waals surface area contributed by atoms with E-state index in [0.717, 1.165) is 6.42 Å². The summed E-state index contributed by atoms with van der Waals surface area (Å²) in [6.45, 7) is 3.96. The highest BCUT2D eigenvalue weighted by Gasteiger charge is 2.20. The van der Waals surface area contributed by atoms with Crippen molar-refractivity contribution in [3.8, 4) is 6.07 Å². The molecule has 1 aromatic rings. The van der Waals surface area contributed by atoms with E-state index < -0.39 is 0 Å². The Morgan fingerprint density at radius 2 is 1.71 bits per heavy atom. The summed E-state index contributed by atoms with van der Waals surface area (Å²) in [4.78, 5) is 27.0. The summed E-state index contributed by atoms with van der Waals surface area (Å²) in [7, 11) is 0. The van der Waals surface area contributed by atoms with E-state index in [1.54, 1.807) is 41.0 Å². The molecular weight excluding hydrogens is 268 g/mol. The van der Waals surface area contributed by atoms with Crippen molar-refractivity contribution in [1.29, 1.82) is 5.26 Å². The first kappa shape index (κ1) is 14.9. The highest BCUT2D eigenvalue weighted by atomic mass is 16.2. The van der Waals surface area contributed by atoms with Crippen molar-refractivity contribution in [1.82, 2.24) is 9.80 Å². The summed E-state index contributed by atoms with van der Waals surface area (Å²) in [5.41, 5.74) is 1.21. The van der Waals surface area contributed by atoms with Gasteiger partial charge in [0.15, 0.2) is 0 Å². The second kappa shape index (κ2) is 6.75. The van der Waals surface area contributed by atoms with Crippen LogP contribution in [0.4, 0.5) is 10.5 Å². The molecule has 0 atom stereocenters. The quantitative estimate of drug-likeness (QED) is 0.852. The Morgan fingerprint density at radius 1 is 1.10 bits per heavy atom. The highest BCUT2D eigenvalue weighted by molar-refractivity contribution is 5.89. The second-order valence-electron chi connectivity index (χ2n) is 4.97. The van der Waals surface area contributed by atoms with E-state index >= 15 is 0 Å². The third-order valence-corrected chi connectivity index (χ3v) is 3.49. The van der Waals surface area contributed by atoms with Crippen LogP contribution in [0.15, 0.2) is 24.3 Å². The lowest BCUT2D eigenvalue weighted by molar-refractivity contribution is -0.128. The van der Waals surface area contributed by atoms with Gasteiger partial charge >= 0.3 is 6.03 Å². The third kappa shape index (κ3) is 3.96. The van der Waals surface area contributed by atoms with Crippen LogP contribution in [-0.2, 0) is 4.79 Å². The van der Waals surface area contributed by atoms with Gasteiger partial charge in [-0.05, 0) is 30.7 Å². The number of hydrogen-bond donors (Lipinski definition) is 1. The van der Waals surface area contributed by atoms with E-state index in [1.165, 1.54) is 0 Å². The van der Waals surface area contributed by atoms with E-state index in [-0.39, 0.29) is 11.9 Å². The molecule has 1 aliphatic rings. The Hall–Kier alpha value is -2.55. The minimum absolute atomic E-state index is 0.0457. The molecule has 0 aliphatic carbocycles. The van der Waals surface area contributed by atoms with Crippen molar-refractivity contribution < 1.29 is 9.59 Å². The van der Waals surface area contributed by atoms with Crippen molar-refractivity contribution in [3.63, 3.8) is 0 Å². The maximum atomic E-state index is 12.2. The van der Waals surface area contributed by atoms with Gasteiger partial charge in [-0.3, -0.25) is 4.79 Å². The van der Waals surface area contributed by atoms with Crippen LogP contribution in [0.25, 0.3) is 0 Å². The number of nitrogens with one attached hydrogen (secondary N) is 1. The lowest BCUT2D eigenvalue weighted by atomic mass is 10.2. The molecule has 1 saturated heterocycles. The molecule has 6 heteroatoms. The van der Waals surface area contributed by atoms with Crippen LogP contribution in [-0.4, -0.2) is 47.9 Å². The van der Waals surface area contributed by atoms with E-state index in [0.29, 0.717) is 37.4 Å². The van der Waals surface area contributed by atoms with Crippen LogP contribution in [0.5, 0.6) is 0 Å². The summed E-state index contributed by atoms with van der Waals surface area (Å²) >= 11 is 0. The molecule has 110 valence electrons.